The number of rotatable bonds is 4. The van der Waals surface area contributed by atoms with Crippen LogP contribution < -0.4 is 0 Å². The molecule has 0 aliphatic heterocycles. The van der Waals surface area contributed by atoms with Crippen LogP contribution in [0.15, 0.2) is 42.5 Å². The molecule has 1 nitrogen and oxygen atoms in total. The number of hydrogen-bond donors (Lipinski definition) is 1. The summed E-state index contributed by atoms with van der Waals surface area (Å²) in [5.74, 6) is 0. The molecule has 17 heavy (non-hydrogen) atoms. The van der Waals surface area contributed by atoms with E-state index in [2.05, 4.69) is 56.3 Å². The molecule has 0 saturated heterocycles. The van der Waals surface area contributed by atoms with Gasteiger partial charge < -0.3 is 5.11 Å². The van der Waals surface area contributed by atoms with Crippen molar-refractivity contribution < 1.29 is 5.11 Å². The van der Waals surface area contributed by atoms with Gasteiger partial charge in [-0.15, -0.1) is 0 Å². The van der Waals surface area contributed by atoms with E-state index in [0.29, 0.717) is 0 Å². The Morgan fingerprint density at radius 3 is 2.47 bits per heavy atom. The maximum atomic E-state index is 9.52. The third kappa shape index (κ3) is 2.50. The Balaban J connectivity index is 2.42. The van der Waals surface area contributed by atoms with Gasteiger partial charge >= 0.3 is 0 Å². The van der Waals surface area contributed by atoms with Gasteiger partial charge in [0.05, 0.1) is 0 Å². The Morgan fingerprint density at radius 1 is 1.06 bits per heavy atom. The molecule has 0 spiro atoms. The highest BCUT2D eigenvalue weighted by Gasteiger charge is 2.22. The lowest BCUT2D eigenvalue weighted by Crippen LogP contribution is -2.23. The van der Waals surface area contributed by atoms with Crippen LogP contribution in [0.25, 0.3) is 10.8 Å². The van der Waals surface area contributed by atoms with Gasteiger partial charge in [-0.25, -0.2) is 0 Å². The number of fused-ring (bicyclic) bond motifs is 1. The minimum Gasteiger partial charge on any atom is -0.396 e. The predicted octanol–water partition coefficient (Wildman–Crippen LogP) is 3.79. The molecule has 0 fully saturated rings. The predicted molar refractivity (Wildman–Crippen MR) is 73.1 cm³/mol. The molecule has 0 amide bonds. The van der Waals surface area contributed by atoms with Gasteiger partial charge in [0.1, 0.15) is 0 Å². The summed E-state index contributed by atoms with van der Waals surface area (Å²) in [7, 11) is 0. The topological polar surface area (TPSA) is 20.2 Å². The highest BCUT2D eigenvalue weighted by Crippen LogP contribution is 2.29. The number of benzene rings is 2. The fraction of sp³-hybridized carbons (Fsp3) is 0.375. The molecule has 0 saturated carbocycles. The van der Waals surface area contributed by atoms with Crippen LogP contribution in [0.1, 0.15) is 25.8 Å². The summed E-state index contributed by atoms with van der Waals surface area (Å²) >= 11 is 0. The van der Waals surface area contributed by atoms with Crippen LogP contribution in [0.2, 0.25) is 0 Å². The number of aliphatic hydroxyl groups excluding tert-OH is 1. The fourth-order valence-electron chi connectivity index (χ4n) is 2.20. The van der Waals surface area contributed by atoms with Gasteiger partial charge in [-0.3, -0.25) is 0 Å². The first kappa shape index (κ1) is 12.1. The normalized spacial score (nSPS) is 14.8. The maximum Gasteiger partial charge on any atom is 0.0487 e. The van der Waals surface area contributed by atoms with Crippen molar-refractivity contribution in [1.29, 1.82) is 0 Å². The third-order valence-corrected chi connectivity index (χ3v) is 3.73. The molecule has 0 aromatic heterocycles. The summed E-state index contributed by atoms with van der Waals surface area (Å²) in [6.07, 6.45) is 1.92. The van der Waals surface area contributed by atoms with Crippen LogP contribution in [-0.2, 0) is 6.42 Å². The molecular weight excluding hydrogens is 208 g/mol. The van der Waals surface area contributed by atoms with E-state index >= 15 is 0 Å². The van der Waals surface area contributed by atoms with Crippen molar-refractivity contribution in [2.24, 2.45) is 5.41 Å². The molecule has 1 N–H and O–H groups in total. The van der Waals surface area contributed by atoms with E-state index in [1.165, 1.54) is 16.3 Å². The summed E-state index contributed by atoms with van der Waals surface area (Å²) in [5, 5.41) is 12.1. The van der Waals surface area contributed by atoms with Gasteiger partial charge in [0.25, 0.3) is 0 Å². The Kier molecular flexibility index (Phi) is 3.49. The van der Waals surface area contributed by atoms with Gasteiger partial charge in [-0.2, -0.15) is 0 Å². The molecule has 2 aromatic rings. The molecule has 2 aromatic carbocycles. The Bertz CT molecular complexity index is 492. The first-order chi connectivity index (χ1) is 8.18. The molecule has 0 aliphatic carbocycles. The van der Waals surface area contributed by atoms with Crippen LogP contribution in [0.4, 0.5) is 0 Å². The summed E-state index contributed by atoms with van der Waals surface area (Å²) in [6.45, 7) is 4.53. The van der Waals surface area contributed by atoms with E-state index < -0.39 is 0 Å². The average Bonchev–Trinajstić information content (AvgIpc) is 2.39. The van der Waals surface area contributed by atoms with Crippen molar-refractivity contribution in [2.45, 2.75) is 26.7 Å². The lowest BCUT2D eigenvalue weighted by molar-refractivity contribution is 0.138. The van der Waals surface area contributed by atoms with E-state index in [4.69, 9.17) is 0 Å². The molecule has 0 bridgehead atoms. The van der Waals surface area contributed by atoms with E-state index in [0.717, 1.165) is 12.8 Å². The van der Waals surface area contributed by atoms with Crippen molar-refractivity contribution in [3.05, 3.63) is 48.0 Å². The van der Waals surface area contributed by atoms with Gasteiger partial charge in [-0.05, 0) is 34.6 Å². The lowest BCUT2D eigenvalue weighted by atomic mass is 9.81. The number of hydrogen-bond acceptors (Lipinski definition) is 1. The summed E-state index contributed by atoms with van der Waals surface area (Å²) in [4.78, 5) is 0. The van der Waals surface area contributed by atoms with Crippen LogP contribution in [0, 0.1) is 5.41 Å². The Morgan fingerprint density at radius 2 is 1.76 bits per heavy atom. The zero-order chi connectivity index (χ0) is 12.3. The molecule has 0 radical (unpaired) electrons. The molecule has 0 aliphatic rings. The van der Waals surface area contributed by atoms with E-state index in [1.807, 2.05) is 0 Å². The van der Waals surface area contributed by atoms with Gasteiger partial charge in [0.2, 0.25) is 0 Å². The van der Waals surface area contributed by atoms with E-state index in [9.17, 15) is 5.11 Å². The van der Waals surface area contributed by atoms with E-state index in [-0.39, 0.29) is 12.0 Å². The zero-order valence-corrected chi connectivity index (χ0v) is 10.6. The van der Waals surface area contributed by atoms with Crippen molar-refractivity contribution in [3.8, 4) is 0 Å². The molecule has 90 valence electrons. The molecular formula is C16H20O. The van der Waals surface area contributed by atoms with Crippen LogP contribution in [0.5, 0.6) is 0 Å². The summed E-state index contributed by atoms with van der Waals surface area (Å²) in [6, 6.07) is 14.9. The fourth-order valence-corrected chi connectivity index (χ4v) is 2.20. The minimum atomic E-state index is -0.00980. The second kappa shape index (κ2) is 4.89. The highest BCUT2D eigenvalue weighted by atomic mass is 16.3. The molecule has 1 unspecified atom stereocenters. The quantitative estimate of drug-likeness (QED) is 0.844. The highest BCUT2D eigenvalue weighted by molar-refractivity contribution is 5.85. The maximum absolute atomic E-state index is 9.52. The van der Waals surface area contributed by atoms with Gasteiger partial charge in [0.15, 0.2) is 0 Å². The summed E-state index contributed by atoms with van der Waals surface area (Å²) < 4.78 is 0. The third-order valence-electron chi connectivity index (χ3n) is 3.73. The summed E-state index contributed by atoms with van der Waals surface area (Å²) in [5.41, 5.74) is 1.32. The van der Waals surface area contributed by atoms with Crippen LogP contribution in [0.3, 0.4) is 0 Å². The average molecular weight is 228 g/mol. The SMILES string of the molecule is CCC(C)(CO)Cc1cccc2ccccc12. The first-order valence-electron chi connectivity index (χ1n) is 6.26. The molecule has 1 heteroatoms. The second-order valence-corrected chi connectivity index (χ2v) is 5.14. The number of aliphatic hydroxyl groups is 1. The largest absolute Gasteiger partial charge is 0.396 e. The van der Waals surface area contributed by atoms with Crippen LogP contribution >= 0.6 is 0 Å². The Labute approximate surface area is 103 Å². The van der Waals surface area contributed by atoms with E-state index in [1.54, 1.807) is 0 Å². The van der Waals surface area contributed by atoms with Crippen molar-refractivity contribution in [2.75, 3.05) is 6.61 Å². The van der Waals surface area contributed by atoms with Gasteiger partial charge in [-0.1, -0.05) is 56.3 Å². The smallest absolute Gasteiger partial charge is 0.0487 e. The molecule has 0 heterocycles. The molecule has 2 rings (SSSR count). The minimum absolute atomic E-state index is 0.00980. The zero-order valence-electron chi connectivity index (χ0n) is 10.6. The monoisotopic (exact) mass is 228 g/mol. The first-order valence-corrected chi connectivity index (χ1v) is 6.26. The molecule has 1 atom stereocenters. The van der Waals surface area contributed by atoms with Crippen molar-refractivity contribution in [3.63, 3.8) is 0 Å². The van der Waals surface area contributed by atoms with Crippen molar-refractivity contribution in [1.82, 2.24) is 0 Å². The standard InChI is InChI=1S/C16H20O/c1-3-16(2,12-17)11-14-9-6-8-13-7-4-5-10-15(13)14/h4-10,17H,3,11-12H2,1-2H3. The van der Waals surface area contributed by atoms with Crippen LogP contribution in [-0.4, -0.2) is 11.7 Å². The van der Waals surface area contributed by atoms with Crippen molar-refractivity contribution >= 4 is 10.8 Å². The Hall–Kier alpha value is -1.34. The van der Waals surface area contributed by atoms with Gasteiger partial charge in [0, 0.05) is 6.61 Å². The lowest BCUT2D eigenvalue weighted by Gasteiger charge is -2.26. The second-order valence-electron chi connectivity index (χ2n) is 5.14.